The van der Waals surface area contributed by atoms with Crippen LogP contribution in [0.25, 0.3) is 0 Å². The third-order valence-corrected chi connectivity index (χ3v) is 6.42. The number of fused-ring (bicyclic) bond motifs is 1. The summed E-state index contributed by atoms with van der Waals surface area (Å²) in [7, 11) is 0. The van der Waals surface area contributed by atoms with Gasteiger partial charge in [-0.25, -0.2) is 4.98 Å². The first kappa shape index (κ1) is 18.8. The van der Waals surface area contributed by atoms with E-state index in [0.717, 1.165) is 23.4 Å². The van der Waals surface area contributed by atoms with Gasteiger partial charge in [-0.15, -0.1) is 0 Å². The molecule has 2 aliphatic rings. The highest BCUT2D eigenvalue weighted by Crippen LogP contribution is 2.38. The fraction of sp³-hybridized carbons (Fsp3) is 0.429. The summed E-state index contributed by atoms with van der Waals surface area (Å²) >= 11 is 1.24. The van der Waals surface area contributed by atoms with Crippen LogP contribution in [0.5, 0.6) is 0 Å². The maximum Gasteiger partial charge on any atom is 0.231 e. The van der Waals surface area contributed by atoms with Crippen LogP contribution in [0, 0.1) is 18.3 Å². The third kappa shape index (κ3) is 3.46. The third-order valence-electron chi connectivity index (χ3n) is 5.37. The molecule has 1 saturated heterocycles. The van der Waals surface area contributed by atoms with Crippen molar-refractivity contribution in [2.75, 3.05) is 16.8 Å². The lowest BCUT2D eigenvalue weighted by Crippen LogP contribution is -2.28. The summed E-state index contributed by atoms with van der Waals surface area (Å²) in [6.45, 7) is 6.41. The van der Waals surface area contributed by atoms with Crippen LogP contribution in [-0.4, -0.2) is 29.1 Å². The van der Waals surface area contributed by atoms with Crippen molar-refractivity contribution in [1.82, 2.24) is 4.98 Å². The second-order valence-corrected chi connectivity index (χ2v) is 9.42. The molecule has 7 heteroatoms. The fourth-order valence-corrected chi connectivity index (χ4v) is 4.89. The number of carbonyl (C=O) groups excluding carboxylic acids is 3. The molecule has 1 aromatic carbocycles. The summed E-state index contributed by atoms with van der Waals surface area (Å²) in [6, 6.07) is 7.67. The SMILES string of the molecule is Cc1ccccc1N1CC(C(=O)Nc2nc3c(s2)C(=O)CC(C)(C)C3)CC1=O. The predicted molar refractivity (Wildman–Crippen MR) is 109 cm³/mol. The lowest BCUT2D eigenvalue weighted by molar-refractivity contribution is -0.122. The van der Waals surface area contributed by atoms with Crippen LogP contribution in [0.4, 0.5) is 10.8 Å². The Hall–Kier alpha value is -2.54. The Bertz CT molecular complexity index is 979. The first-order chi connectivity index (χ1) is 13.2. The number of benzene rings is 1. The van der Waals surface area contributed by atoms with Crippen LogP contribution in [0.1, 0.15) is 47.6 Å². The second-order valence-electron chi connectivity index (χ2n) is 8.42. The molecule has 1 N–H and O–H groups in total. The zero-order valence-corrected chi connectivity index (χ0v) is 17.1. The smallest absolute Gasteiger partial charge is 0.231 e. The number of nitrogens with zero attached hydrogens (tertiary/aromatic N) is 2. The van der Waals surface area contributed by atoms with Gasteiger partial charge < -0.3 is 10.2 Å². The van der Waals surface area contributed by atoms with E-state index in [-0.39, 0.29) is 29.4 Å². The highest BCUT2D eigenvalue weighted by atomic mass is 32.1. The Kier molecular flexibility index (Phi) is 4.57. The number of ketones is 1. The average Bonchev–Trinajstić information content (AvgIpc) is 3.18. The minimum atomic E-state index is -0.430. The predicted octanol–water partition coefficient (Wildman–Crippen LogP) is 3.60. The summed E-state index contributed by atoms with van der Waals surface area (Å²) < 4.78 is 0. The number of hydrogen-bond acceptors (Lipinski definition) is 5. The largest absolute Gasteiger partial charge is 0.311 e. The van der Waals surface area contributed by atoms with Crippen LogP contribution in [0.15, 0.2) is 24.3 Å². The standard InChI is InChI=1S/C21H23N3O3S/c1-12-6-4-5-7-15(12)24-11-13(8-17(24)26)19(27)23-20-22-14-9-21(2,3)10-16(25)18(14)28-20/h4-7,13H,8-11H2,1-3H3,(H,22,23,27). The van der Waals surface area contributed by atoms with E-state index in [2.05, 4.69) is 24.1 Å². The number of carbonyl (C=O) groups is 3. The van der Waals surface area contributed by atoms with Gasteiger partial charge in [0.15, 0.2) is 10.9 Å². The van der Waals surface area contributed by atoms with Gasteiger partial charge in [0.1, 0.15) is 0 Å². The number of aryl methyl sites for hydroxylation is 1. The topological polar surface area (TPSA) is 79.4 Å². The normalized spacial score (nSPS) is 21.0. The average molecular weight is 398 g/mol. The lowest BCUT2D eigenvalue weighted by atomic mass is 9.78. The van der Waals surface area contributed by atoms with Crippen molar-refractivity contribution in [2.45, 2.75) is 40.0 Å². The number of hydrogen-bond donors (Lipinski definition) is 1. The Labute approximate surface area is 168 Å². The van der Waals surface area contributed by atoms with E-state index < -0.39 is 5.92 Å². The van der Waals surface area contributed by atoms with Gasteiger partial charge in [-0.05, 0) is 30.4 Å². The minimum absolute atomic E-state index is 0.0511. The number of Topliss-reactive ketones (excluding diaryl/α,β-unsaturated/α-hetero) is 1. The molecular formula is C21H23N3O3S. The first-order valence-corrected chi connectivity index (χ1v) is 10.2. The monoisotopic (exact) mass is 397 g/mol. The molecule has 1 aliphatic carbocycles. The van der Waals surface area contributed by atoms with Crippen molar-refractivity contribution in [2.24, 2.45) is 11.3 Å². The molecule has 0 spiro atoms. The number of thiazole rings is 1. The van der Waals surface area contributed by atoms with Crippen molar-refractivity contribution < 1.29 is 14.4 Å². The first-order valence-electron chi connectivity index (χ1n) is 9.43. The van der Waals surface area contributed by atoms with E-state index in [1.165, 1.54) is 11.3 Å². The Morgan fingerprint density at radius 2 is 2.00 bits per heavy atom. The van der Waals surface area contributed by atoms with E-state index in [0.29, 0.717) is 23.0 Å². The second kappa shape index (κ2) is 6.81. The summed E-state index contributed by atoms with van der Waals surface area (Å²) in [4.78, 5) is 44.3. The number of nitrogens with one attached hydrogen (secondary N) is 1. The van der Waals surface area contributed by atoms with E-state index >= 15 is 0 Å². The maximum absolute atomic E-state index is 12.7. The summed E-state index contributed by atoms with van der Waals surface area (Å²) in [5.74, 6) is -0.613. The quantitative estimate of drug-likeness (QED) is 0.858. The van der Waals surface area contributed by atoms with E-state index in [1.54, 1.807) is 4.90 Å². The molecule has 1 aromatic heterocycles. The molecule has 28 heavy (non-hydrogen) atoms. The Morgan fingerprint density at radius 3 is 2.75 bits per heavy atom. The van der Waals surface area contributed by atoms with Gasteiger partial charge in [0.05, 0.1) is 16.5 Å². The van der Waals surface area contributed by atoms with Gasteiger partial charge in [0.25, 0.3) is 0 Å². The van der Waals surface area contributed by atoms with Gasteiger partial charge >= 0.3 is 0 Å². The molecule has 0 bridgehead atoms. The van der Waals surface area contributed by atoms with Gasteiger partial charge in [-0.3, -0.25) is 14.4 Å². The van der Waals surface area contributed by atoms with Crippen LogP contribution < -0.4 is 10.2 Å². The number of rotatable bonds is 3. The highest BCUT2D eigenvalue weighted by Gasteiger charge is 2.37. The van der Waals surface area contributed by atoms with Gasteiger partial charge in [-0.1, -0.05) is 43.4 Å². The highest BCUT2D eigenvalue weighted by molar-refractivity contribution is 7.17. The van der Waals surface area contributed by atoms with Crippen molar-refractivity contribution in [3.8, 4) is 0 Å². The number of para-hydroxylation sites is 1. The fourth-order valence-electron chi connectivity index (χ4n) is 3.96. The zero-order valence-electron chi connectivity index (χ0n) is 16.2. The van der Waals surface area contributed by atoms with Crippen molar-refractivity contribution in [1.29, 1.82) is 0 Å². The summed E-state index contributed by atoms with van der Waals surface area (Å²) in [6.07, 6.45) is 1.40. The number of amides is 2. The molecule has 1 unspecified atom stereocenters. The van der Waals surface area contributed by atoms with Crippen LogP contribution in [0.2, 0.25) is 0 Å². The van der Waals surface area contributed by atoms with E-state index in [9.17, 15) is 14.4 Å². The van der Waals surface area contributed by atoms with Gasteiger partial charge in [-0.2, -0.15) is 0 Å². The van der Waals surface area contributed by atoms with Gasteiger partial charge in [0, 0.05) is 25.1 Å². The molecule has 4 rings (SSSR count). The van der Waals surface area contributed by atoms with Crippen LogP contribution in [0.3, 0.4) is 0 Å². The van der Waals surface area contributed by atoms with Crippen molar-refractivity contribution in [3.63, 3.8) is 0 Å². The van der Waals surface area contributed by atoms with Crippen LogP contribution >= 0.6 is 11.3 Å². The molecule has 1 atom stereocenters. The van der Waals surface area contributed by atoms with E-state index in [4.69, 9.17) is 0 Å². The molecule has 1 aliphatic heterocycles. The molecular weight excluding hydrogens is 374 g/mol. The molecule has 2 amide bonds. The molecule has 1 fully saturated rings. The summed E-state index contributed by atoms with van der Waals surface area (Å²) in [5, 5.41) is 3.28. The van der Waals surface area contributed by atoms with E-state index in [1.807, 2.05) is 31.2 Å². The molecule has 0 saturated carbocycles. The molecule has 2 aromatic rings. The van der Waals surface area contributed by atoms with Gasteiger partial charge in [0.2, 0.25) is 11.8 Å². The minimum Gasteiger partial charge on any atom is -0.311 e. The number of aromatic nitrogens is 1. The summed E-state index contributed by atoms with van der Waals surface area (Å²) in [5.41, 5.74) is 2.52. The molecule has 146 valence electrons. The lowest BCUT2D eigenvalue weighted by Gasteiger charge is -2.26. The Morgan fingerprint density at radius 1 is 1.25 bits per heavy atom. The van der Waals surface area contributed by atoms with Crippen LogP contribution in [-0.2, 0) is 16.0 Å². The number of anilines is 2. The molecule has 6 nitrogen and oxygen atoms in total. The zero-order chi connectivity index (χ0) is 20.1. The van der Waals surface area contributed by atoms with Crippen molar-refractivity contribution >= 4 is 39.8 Å². The maximum atomic E-state index is 12.7. The Balaban J connectivity index is 1.48. The molecule has 2 heterocycles. The molecule has 0 radical (unpaired) electrons. The van der Waals surface area contributed by atoms with Crippen molar-refractivity contribution in [3.05, 3.63) is 40.4 Å².